The van der Waals surface area contributed by atoms with Crippen molar-refractivity contribution in [3.05, 3.63) is 29.3 Å². The molecule has 0 spiro atoms. The molecule has 1 saturated heterocycles. The number of benzene rings is 1. The highest BCUT2D eigenvalue weighted by Crippen LogP contribution is 2.27. The van der Waals surface area contributed by atoms with E-state index in [2.05, 4.69) is 0 Å². The molecule has 2 amide bonds. The highest BCUT2D eigenvalue weighted by atomic mass is 35.5. The standard InChI is InChI=1S/C22H32ClN3O4S/c1-24(31(29,30)20-10-8-19(23)9-11-20)17-22(28)26-15-13-25(14-16-26)21(27)12-7-18-5-3-2-4-6-18/h8-11,18H,2-7,12-17H2,1H3. The molecule has 1 heterocycles. The maximum atomic E-state index is 12.7. The molecular formula is C22H32ClN3O4S. The van der Waals surface area contributed by atoms with Crippen LogP contribution < -0.4 is 0 Å². The molecule has 172 valence electrons. The molecule has 0 aromatic heterocycles. The van der Waals surface area contributed by atoms with E-state index in [0.29, 0.717) is 43.5 Å². The zero-order valence-corrected chi connectivity index (χ0v) is 19.7. The first-order valence-electron chi connectivity index (χ1n) is 11.0. The molecule has 7 nitrogen and oxygen atoms in total. The molecule has 0 radical (unpaired) electrons. The van der Waals surface area contributed by atoms with Crippen molar-refractivity contribution in [1.82, 2.24) is 14.1 Å². The number of hydrogen-bond acceptors (Lipinski definition) is 4. The van der Waals surface area contributed by atoms with E-state index in [1.807, 2.05) is 4.90 Å². The summed E-state index contributed by atoms with van der Waals surface area (Å²) in [6.07, 6.45) is 7.90. The zero-order chi connectivity index (χ0) is 22.4. The van der Waals surface area contributed by atoms with E-state index in [1.165, 1.54) is 63.4 Å². The van der Waals surface area contributed by atoms with Crippen LogP contribution in [0.3, 0.4) is 0 Å². The van der Waals surface area contributed by atoms with Gasteiger partial charge >= 0.3 is 0 Å². The predicted molar refractivity (Wildman–Crippen MR) is 120 cm³/mol. The van der Waals surface area contributed by atoms with Crippen LogP contribution in [-0.2, 0) is 19.6 Å². The third kappa shape index (κ3) is 6.43. The number of sulfonamides is 1. The first-order chi connectivity index (χ1) is 14.8. The Balaban J connectivity index is 1.45. The second-order valence-electron chi connectivity index (χ2n) is 8.52. The molecule has 2 fully saturated rings. The Morgan fingerprint density at radius 3 is 2.10 bits per heavy atom. The number of likely N-dealkylation sites (N-methyl/N-ethyl adjacent to an activating group) is 1. The van der Waals surface area contributed by atoms with E-state index >= 15 is 0 Å². The molecule has 1 aliphatic carbocycles. The number of halogens is 1. The molecule has 31 heavy (non-hydrogen) atoms. The molecular weight excluding hydrogens is 438 g/mol. The highest BCUT2D eigenvalue weighted by Gasteiger charge is 2.28. The summed E-state index contributed by atoms with van der Waals surface area (Å²) in [6.45, 7) is 1.64. The average molecular weight is 470 g/mol. The lowest BCUT2D eigenvalue weighted by Crippen LogP contribution is -2.52. The molecule has 0 bridgehead atoms. The minimum Gasteiger partial charge on any atom is -0.339 e. The Morgan fingerprint density at radius 1 is 0.968 bits per heavy atom. The van der Waals surface area contributed by atoms with Crippen LogP contribution in [0.15, 0.2) is 29.2 Å². The second kappa shape index (κ2) is 10.8. The zero-order valence-electron chi connectivity index (χ0n) is 18.1. The predicted octanol–water partition coefficient (Wildman–Crippen LogP) is 2.99. The van der Waals surface area contributed by atoms with E-state index in [4.69, 9.17) is 11.6 Å². The van der Waals surface area contributed by atoms with Gasteiger partial charge < -0.3 is 9.80 Å². The van der Waals surface area contributed by atoms with Crippen molar-refractivity contribution in [1.29, 1.82) is 0 Å². The summed E-state index contributed by atoms with van der Waals surface area (Å²) in [5.41, 5.74) is 0. The van der Waals surface area contributed by atoms with Gasteiger partial charge in [0.1, 0.15) is 0 Å². The van der Waals surface area contributed by atoms with Crippen LogP contribution in [0.5, 0.6) is 0 Å². The number of carbonyl (C=O) groups excluding carboxylic acids is 2. The van der Waals surface area contributed by atoms with Crippen molar-refractivity contribution in [2.75, 3.05) is 39.8 Å². The molecule has 3 rings (SSSR count). The Morgan fingerprint density at radius 2 is 1.52 bits per heavy atom. The largest absolute Gasteiger partial charge is 0.339 e. The fourth-order valence-electron chi connectivity index (χ4n) is 4.33. The first kappa shape index (κ1) is 24.0. The second-order valence-corrected chi connectivity index (χ2v) is 11.0. The van der Waals surface area contributed by atoms with Crippen molar-refractivity contribution < 1.29 is 18.0 Å². The maximum absolute atomic E-state index is 12.7. The van der Waals surface area contributed by atoms with Crippen molar-refractivity contribution in [3.8, 4) is 0 Å². The molecule has 0 unspecified atom stereocenters. The summed E-state index contributed by atoms with van der Waals surface area (Å²) in [5, 5.41) is 0.448. The molecule has 1 aromatic rings. The summed E-state index contributed by atoms with van der Waals surface area (Å²) in [7, 11) is -2.37. The van der Waals surface area contributed by atoms with Crippen molar-refractivity contribution in [3.63, 3.8) is 0 Å². The van der Waals surface area contributed by atoms with E-state index in [1.54, 1.807) is 4.90 Å². The number of amides is 2. The molecule has 0 atom stereocenters. The van der Waals surface area contributed by atoms with Crippen molar-refractivity contribution >= 4 is 33.4 Å². The van der Waals surface area contributed by atoms with Crippen LogP contribution in [0, 0.1) is 5.92 Å². The normalized spacial score (nSPS) is 18.4. The van der Waals surface area contributed by atoms with E-state index < -0.39 is 10.0 Å². The molecule has 9 heteroatoms. The minimum atomic E-state index is -3.77. The summed E-state index contributed by atoms with van der Waals surface area (Å²) in [6, 6.07) is 5.87. The van der Waals surface area contributed by atoms with Crippen LogP contribution in [0.25, 0.3) is 0 Å². The van der Waals surface area contributed by atoms with Gasteiger partial charge in [0, 0.05) is 44.7 Å². The Hall–Kier alpha value is -1.64. The SMILES string of the molecule is CN(CC(=O)N1CCN(C(=O)CCC2CCCCC2)CC1)S(=O)(=O)c1ccc(Cl)cc1. The van der Waals surface area contributed by atoms with Gasteiger partial charge in [0.25, 0.3) is 0 Å². The number of rotatable bonds is 7. The van der Waals surface area contributed by atoms with E-state index in [-0.39, 0.29) is 23.3 Å². The van der Waals surface area contributed by atoms with Crippen LogP contribution >= 0.6 is 11.6 Å². The van der Waals surface area contributed by atoms with Crippen LogP contribution in [0.1, 0.15) is 44.9 Å². The lowest BCUT2D eigenvalue weighted by molar-refractivity contribution is -0.139. The monoisotopic (exact) mass is 469 g/mol. The third-order valence-corrected chi connectivity index (χ3v) is 8.43. The molecule has 1 aliphatic heterocycles. The van der Waals surface area contributed by atoms with Gasteiger partial charge in [-0.15, -0.1) is 0 Å². The Kier molecular flexibility index (Phi) is 8.36. The minimum absolute atomic E-state index is 0.0978. The molecule has 0 N–H and O–H groups in total. The summed E-state index contributed by atoms with van der Waals surface area (Å²) in [5.74, 6) is 0.591. The Labute approximate surface area is 190 Å². The van der Waals surface area contributed by atoms with Crippen molar-refractivity contribution in [2.24, 2.45) is 5.92 Å². The highest BCUT2D eigenvalue weighted by molar-refractivity contribution is 7.89. The fraction of sp³-hybridized carbons (Fsp3) is 0.636. The third-order valence-electron chi connectivity index (χ3n) is 6.36. The van der Waals surface area contributed by atoms with Crippen LogP contribution in [0.4, 0.5) is 0 Å². The van der Waals surface area contributed by atoms with Gasteiger partial charge in [0.2, 0.25) is 21.8 Å². The number of piperazine rings is 1. The maximum Gasteiger partial charge on any atom is 0.243 e. The molecule has 2 aliphatic rings. The smallest absolute Gasteiger partial charge is 0.243 e. The van der Waals surface area contributed by atoms with E-state index in [9.17, 15) is 18.0 Å². The Bertz CT molecular complexity index is 861. The van der Waals surface area contributed by atoms with Gasteiger partial charge in [-0.25, -0.2) is 8.42 Å². The van der Waals surface area contributed by atoms with Crippen molar-refractivity contribution in [2.45, 2.75) is 49.8 Å². The molecule has 1 aromatic carbocycles. The summed E-state index contributed by atoms with van der Waals surface area (Å²) in [4.78, 5) is 28.7. The van der Waals surface area contributed by atoms with Gasteiger partial charge in [-0.1, -0.05) is 43.7 Å². The lowest BCUT2D eigenvalue weighted by Gasteiger charge is -2.35. The quantitative estimate of drug-likeness (QED) is 0.615. The molecule has 1 saturated carbocycles. The van der Waals surface area contributed by atoms with Gasteiger partial charge in [-0.05, 0) is 36.6 Å². The van der Waals surface area contributed by atoms with Gasteiger partial charge in [0.05, 0.1) is 11.4 Å². The van der Waals surface area contributed by atoms with Gasteiger partial charge in [0.15, 0.2) is 0 Å². The van der Waals surface area contributed by atoms with Crippen LogP contribution in [-0.4, -0.2) is 74.1 Å². The number of hydrogen-bond donors (Lipinski definition) is 0. The van der Waals surface area contributed by atoms with Gasteiger partial charge in [-0.3, -0.25) is 9.59 Å². The lowest BCUT2D eigenvalue weighted by atomic mass is 9.86. The fourth-order valence-corrected chi connectivity index (χ4v) is 5.58. The number of nitrogens with zero attached hydrogens (tertiary/aromatic N) is 3. The number of carbonyl (C=O) groups is 2. The van der Waals surface area contributed by atoms with Gasteiger partial charge in [-0.2, -0.15) is 4.31 Å². The first-order valence-corrected chi connectivity index (χ1v) is 12.9. The average Bonchev–Trinajstić information content (AvgIpc) is 2.78. The van der Waals surface area contributed by atoms with Crippen LogP contribution in [0.2, 0.25) is 5.02 Å². The summed E-state index contributed by atoms with van der Waals surface area (Å²) >= 11 is 5.82. The van der Waals surface area contributed by atoms with E-state index in [0.717, 1.165) is 10.7 Å². The topological polar surface area (TPSA) is 78.0 Å². The summed E-state index contributed by atoms with van der Waals surface area (Å²) < 4.78 is 26.4.